The van der Waals surface area contributed by atoms with E-state index in [0.717, 1.165) is 28.3 Å². The van der Waals surface area contributed by atoms with Gasteiger partial charge < -0.3 is 5.32 Å². The predicted molar refractivity (Wildman–Crippen MR) is 80.5 cm³/mol. The van der Waals surface area contributed by atoms with E-state index >= 15 is 0 Å². The van der Waals surface area contributed by atoms with Gasteiger partial charge >= 0.3 is 0 Å². The first-order valence-corrected chi connectivity index (χ1v) is 7.55. The van der Waals surface area contributed by atoms with Crippen molar-refractivity contribution in [3.05, 3.63) is 11.9 Å². The minimum atomic E-state index is -0.0153. The lowest BCUT2D eigenvalue weighted by Crippen LogP contribution is -2.17. The number of hydrogen-bond acceptors (Lipinski definition) is 4. The van der Waals surface area contributed by atoms with Crippen molar-refractivity contribution in [2.75, 3.05) is 18.1 Å². The molecule has 0 saturated carbocycles. The summed E-state index contributed by atoms with van der Waals surface area (Å²) in [6.45, 7) is 10.9. The summed E-state index contributed by atoms with van der Waals surface area (Å²) in [4.78, 5) is 9.21. The van der Waals surface area contributed by atoms with Crippen molar-refractivity contribution in [3.63, 3.8) is 0 Å². The van der Waals surface area contributed by atoms with Crippen LogP contribution in [0.2, 0.25) is 0 Å². The van der Waals surface area contributed by atoms with Crippen molar-refractivity contribution < 1.29 is 0 Å². The van der Waals surface area contributed by atoms with Crippen LogP contribution in [0.1, 0.15) is 46.9 Å². The summed E-state index contributed by atoms with van der Waals surface area (Å²) in [5.41, 5.74) is -0.0153. The van der Waals surface area contributed by atoms with E-state index in [1.807, 2.05) is 24.9 Å². The maximum atomic E-state index is 4.67. The van der Waals surface area contributed by atoms with Gasteiger partial charge in [-0.05, 0) is 5.92 Å². The lowest BCUT2D eigenvalue weighted by molar-refractivity contribution is 0.539. The lowest BCUT2D eigenvalue weighted by Gasteiger charge is -2.18. The molecule has 0 fully saturated rings. The van der Waals surface area contributed by atoms with Gasteiger partial charge in [0.15, 0.2) is 0 Å². The molecule has 1 aromatic heterocycles. The first-order chi connectivity index (χ1) is 8.36. The van der Waals surface area contributed by atoms with E-state index in [4.69, 9.17) is 0 Å². The predicted octanol–water partition coefficient (Wildman–Crippen LogP) is 3.95. The Hall–Kier alpha value is -0.770. The SMILES string of the molecule is CCC(C)CSc1cc(NC)nc(C(C)(C)C)n1. The molecule has 0 aromatic carbocycles. The topological polar surface area (TPSA) is 37.8 Å². The summed E-state index contributed by atoms with van der Waals surface area (Å²) in [6.07, 6.45) is 1.21. The molecule has 3 nitrogen and oxygen atoms in total. The van der Waals surface area contributed by atoms with Crippen molar-refractivity contribution in [2.45, 2.75) is 51.5 Å². The Morgan fingerprint density at radius 2 is 2.00 bits per heavy atom. The van der Waals surface area contributed by atoms with Gasteiger partial charge in [-0.25, -0.2) is 9.97 Å². The number of nitrogens with one attached hydrogen (secondary N) is 1. The summed E-state index contributed by atoms with van der Waals surface area (Å²) in [6, 6.07) is 2.03. The van der Waals surface area contributed by atoms with E-state index in [1.54, 1.807) is 0 Å². The van der Waals surface area contributed by atoms with E-state index in [2.05, 4.69) is 49.9 Å². The van der Waals surface area contributed by atoms with Crippen LogP contribution in [0.25, 0.3) is 0 Å². The Balaban J connectivity index is 2.91. The van der Waals surface area contributed by atoms with Crippen molar-refractivity contribution in [1.29, 1.82) is 0 Å². The van der Waals surface area contributed by atoms with Gasteiger partial charge in [-0.2, -0.15) is 0 Å². The number of thioether (sulfide) groups is 1. The zero-order valence-corrected chi connectivity index (χ0v) is 13.2. The molecule has 102 valence electrons. The van der Waals surface area contributed by atoms with Crippen LogP contribution in [0.5, 0.6) is 0 Å². The highest BCUT2D eigenvalue weighted by molar-refractivity contribution is 7.99. The molecule has 1 atom stereocenters. The second-order valence-electron chi connectivity index (χ2n) is 5.74. The normalized spacial score (nSPS) is 13.4. The molecule has 0 aliphatic heterocycles. The van der Waals surface area contributed by atoms with Gasteiger partial charge in [0.2, 0.25) is 0 Å². The fourth-order valence-electron chi connectivity index (χ4n) is 1.31. The Morgan fingerprint density at radius 3 is 2.50 bits per heavy atom. The van der Waals surface area contributed by atoms with E-state index in [9.17, 15) is 0 Å². The molecule has 0 bridgehead atoms. The Bertz CT molecular complexity index is 385. The van der Waals surface area contributed by atoms with Crippen LogP contribution in [0.3, 0.4) is 0 Å². The maximum Gasteiger partial charge on any atom is 0.137 e. The molecule has 0 radical (unpaired) electrons. The molecule has 0 saturated heterocycles. The van der Waals surface area contributed by atoms with E-state index in [-0.39, 0.29) is 5.41 Å². The fourth-order valence-corrected chi connectivity index (χ4v) is 2.34. The zero-order chi connectivity index (χ0) is 13.8. The molecule has 1 unspecified atom stereocenters. The zero-order valence-electron chi connectivity index (χ0n) is 12.4. The summed E-state index contributed by atoms with van der Waals surface area (Å²) in [5, 5.41) is 4.19. The van der Waals surface area contributed by atoms with Gasteiger partial charge in [0.25, 0.3) is 0 Å². The van der Waals surface area contributed by atoms with Gasteiger partial charge in [0.05, 0.1) is 0 Å². The third-order valence-electron chi connectivity index (χ3n) is 2.84. The average Bonchev–Trinajstić information content (AvgIpc) is 2.34. The minimum Gasteiger partial charge on any atom is -0.373 e. The largest absolute Gasteiger partial charge is 0.373 e. The van der Waals surface area contributed by atoms with E-state index in [1.165, 1.54) is 6.42 Å². The molecule has 0 aliphatic carbocycles. The van der Waals surface area contributed by atoms with Crippen LogP contribution < -0.4 is 5.32 Å². The van der Waals surface area contributed by atoms with Crippen LogP contribution in [0.15, 0.2) is 11.1 Å². The molecule has 1 N–H and O–H groups in total. The van der Waals surface area contributed by atoms with Crippen LogP contribution in [0, 0.1) is 5.92 Å². The van der Waals surface area contributed by atoms with Crippen molar-refractivity contribution in [1.82, 2.24) is 9.97 Å². The Labute approximate surface area is 115 Å². The Kier molecular flexibility index (Phi) is 5.45. The molecule has 0 spiro atoms. The van der Waals surface area contributed by atoms with Crippen molar-refractivity contribution in [3.8, 4) is 0 Å². The number of aromatic nitrogens is 2. The average molecular weight is 267 g/mol. The number of hydrogen-bond donors (Lipinski definition) is 1. The van der Waals surface area contributed by atoms with Crippen LogP contribution in [-0.4, -0.2) is 22.8 Å². The molecule has 1 aromatic rings. The van der Waals surface area contributed by atoms with Gasteiger partial charge in [0, 0.05) is 24.3 Å². The van der Waals surface area contributed by atoms with E-state index in [0.29, 0.717) is 0 Å². The van der Waals surface area contributed by atoms with Crippen molar-refractivity contribution >= 4 is 17.6 Å². The van der Waals surface area contributed by atoms with E-state index < -0.39 is 0 Å². The van der Waals surface area contributed by atoms with Gasteiger partial charge in [0.1, 0.15) is 16.7 Å². The second-order valence-corrected chi connectivity index (χ2v) is 6.78. The fraction of sp³-hybridized carbons (Fsp3) is 0.714. The molecule has 1 rings (SSSR count). The second kappa shape index (κ2) is 6.41. The number of nitrogens with zero attached hydrogens (tertiary/aromatic N) is 2. The third kappa shape index (κ3) is 4.48. The lowest BCUT2D eigenvalue weighted by atomic mass is 9.96. The Morgan fingerprint density at radius 1 is 1.33 bits per heavy atom. The van der Waals surface area contributed by atoms with Crippen LogP contribution >= 0.6 is 11.8 Å². The maximum absolute atomic E-state index is 4.67. The number of rotatable bonds is 5. The third-order valence-corrected chi connectivity index (χ3v) is 4.08. The summed E-state index contributed by atoms with van der Waals surface area (Å²) < 4.78 is 0. The summed E-state index contributed by atoms with van der Waals surface area (Å²) in [5.74, 6) is 3.64. The highest BCUT2D eigenvalue weighted by Gasteiger charge is 2.19. The first-order valence-electron chi connectivity index (χ1n) is 6.57. The molecule has 0 amide bonds. The molecule has 18 heavy (non-hydrogen) atoms. The van der Waals surface area contributed by atoms with Crippen LogP contribution in [-0.2, 0) is 5.41 Å². The summed E-state index contributed by atoms with van der Waals surface area (Å²) >= 11 is 1.82. The minimum absolute atomic E-state index is 0.0153. The molecule has 4 heteroatoms. The van der Waals surface area contributed by atoms with Gasteiger partial charge in [-0.3, -0.25) is 0 Å². The quantitative estimate of drug-likeness (QED) is 0.647. The van der Waals surface area contributed by atoms with Gasteiger partial charge in [-0.15, -0.1) is 11.8 Å². The van der Waals surface area contributed by atoms with Gasteiger partial charge in [-0.1, -0.05) is 41.0 Å². The monoisotopic (exact) mass is 267 g/mol. The van der Waals surface area contributed by atoms with Crippen molar-refractivity contribution in [2.24, 2.45) is 5.92 Å². The molecular formula is C14H25N3S. The first kappa shape index (κ1) is 15.3. The van der Waals surface area contributed by atoms with Crippen LogP contribution in [0.4, 0.5) is 5.82 Å². The standard InChI is InChI=1S/C14H25N3S/c1-7-10(2)9-18-12-8-11(15-6)16-13(17-12)14(3,4)5/h8,10H,7,9H2,1-6H3,(H,15,16,17). The molecule has 1 heterocycles. The molecule has 0 aliphatic rings. The highest BCUT2D eigenvalue weighted by atomic mass is 32.2. The highest BCUT2D eigenvalue weighted by Crippen LogP contribution is 2.26. The smallest absolute Gasteiger partial charge is 0.137 e. The molecular weight excluding hydrogens is 242 g/mol. The number of anilines is 1. The summed E-state index contributed by atoms with van der Waals surface area (Å²) in [7, 11) is 1.90.